The largest absolute Gasteiger partial charge is 0.478 e. The van der Waals surface area contributed by atoms with Gasteiger partial charge in [-0.15, -0.1) is 0 Å². The smallest absolute Gasteiger partial charge is 0.336 e. The fourth-order valence-electron chi connectivity index (χ4n) is 3.03. The number of hydrogen-bond acceptors (Lipinski definition) is 5. The second-order valence-corrected chi connectivity index (χ2v) is 6.26. The van der Waals surface area contributed by atoms with Crippen LogP contribution in [0.5, 0.6) is 0 Å². The highest BCUT2D eigenvalue weighted by molar-refractivity contribution is 6.08. The third-order valence-corrected chi connectivity index (χ3v) is 4.40. The van der Waals surface area contributed by atoms with Crippen LogP contribution in [0.4, 0.5) is 10.3 Å². The van der Waals surface area contributed by atoms with Crippen LogP contribution in [0.2, 0.25) is 0 Å². The lowest BCUT2D eigenvalue weighted by molar-refractivity contribution is 0.0697. The second kappa shape index (κ2) is 7.96. The van der Waals surface area contributed by atoms with Gasteiger partial charge in [0.2, 0.25) is 5.88 Å². The van der Waals surface area contributed by atoms with Crippen molar-refractivity contribution in [1.29, 1.82) is 0 Å². The number of carbonyl (C=O) groups is 2. The third kappa shape index (κ3) is 3.53. The van der Waals surface area contributed by atoms with Gasteiger partial charge in [-0.05, 0) is 30.3 Å². The van der Waals surface area contributed by atoms with Crippen LogP contribution in [0.3, 0.4) is 0 Å². The molecule has 148 valence electrons. The third-order valence-electron chi connectivity index (χ3n) is 4.40. The van der Waals surface area contributed by atoms with Crippen molar-refractivity contribution in [3.63, 3.8) is 0 Å². The zero-order valence-corrected chi connectivity index (χ0v) is 15.4. The number of aromatic nitrogens is 2. The van der Waals surface area contributed by atoms with Crippen molar-refractivity contribution in [3.8, 4) is 22.4 Å². The fourth-order valence-corrected chi connectivity index (χ4v) is 3.03. The second-order valence-electron chi connectivity index (χ2n) is 6.26. The molecule has 0 aliphatic heterocycles. The number of nitrogens with zero attached hydrogens (tertiary/aromatic N) is 2. The zero-order chi connectivity index (χ0) is 21.1. The Morgan fingerprint density at radius 1 is 0.967 bits per heavy atom. The Hall–Kier alpha value is -4.33. The molecule has 0 fully saturated rings. The quantitative estimate of drug-likeness (QED) is 0.509. The number of carbonyl (C=O) groups excluding carboxylic acids is 1. The molecule has 0 saturated carbocycles. The van der Waals surface area contributed by atoms with Gasteiger partial charge >= 0.3 is 5.97 Å². The van der Waals surface area contributed by atoms with E-state index >= 15 is 0 Å². The van der Waals surface area contributed by atoms with Crippen molar-refractivity contribution in [2.45, 2.75) is 0 Å². The minimum atomic E-state index is -1.16. The van der Waals surface area contributed by atoms with Gasteiger partial charge in [-0.1, -0.05) is 35.5 Å². The van der Waals surface area contributed by atoms with Gasteiger partial charge in [0.05, 0.1) is 16.7 Å². The number of carboxylic acids is 1. The van der Waals surface area contributed by atoms with Crippen molar-refractivity contribution in [1.82, 2.24) is 10.1 Å². The maximum atomic E-state index is 14.0. The molecular weight excluding hydrogens is 389 g/mol. The summed E-state index contributed by atoms with van der Waals surface area (Å²) in [6.07, 6.45) is 3.11. The van der Waals surface area contributed by atoms with E-state index in [1.807, 2.05) is 0 Å². The van der Waals surface area contributed by atoms with Crippen molar-refractivity contribution in [2.75, 3.05) is 5.32 Å². The molecule has 1 amide bonds. The van der Waals surface area contributed by atoms with Crippen LogP contribution in [0, 0.1) is 5.82 Å². The Morgan fingerprint density at radius 3 is 2.40 bits per heavy atom. The predicted octanol–water partition coefficient (Wildman–Crippen LogP) is 4.49. The van der Waals surface area contributed by atoms with Crippen molar-refractivity contribution >= 4 is 17.8 Å². The number of hydrogen-bond donors (Lipinski definition) is 2. The maximum absolute atomic E-state index is 14.0. The lowest BCUT2D eigenvalue weighted by Crippen LogP contribution is -2.14. The molecular formula is C22H14FN3O4. The number of rotatable bonds is 5. The lowest BCUT2D eigenvalue weighted by Gasteiger charge is -2.09. The molecule has 2 N–H and O–H groups in total. The number of benzene rings is 2. The first-order valence-corrected chi connectivity index (χ1v) is 8.85. The van der Waals surface area contributed by atoms with Gasteiger partial charge in [-0.25, -0.2) is 9.18 Å². The molecule has 0 bridgehead atoms. The standard InChI is InChI=1S/C22H14FN3O4/c23-17-10-4-3-9-16(17)20(27)25-21-18(14-7-1-2-8-15(14)22(28)29)19(26-30-21)13-6-5-11-24-12-13/h1-12H,(H,25,27)(H,28,29). The summed E-state index contributed by atoms with van der Waals surface area (Å²) in [5.74, 6) is -2.71. The van der Waals surface area contributed by atoms with E-state index in [1.54, 1.807) is 36.5 Å². The number of aromatic carboxylic acids is 1. The molecule has 0 spiro atoms. The van der Waals surface area contributed by atoms with Gasteiger partial charge in [0.1, 0.15) is 11.5 Å². The van der Waals surface area contributed by atoms with E-state index in [-0.39, 0.29) is 28.1 Å². The Kier molecular flexibility index (Phi) is 5.04. The Morgan fingerprint density at radius 2 is 1.70 bits per heavy atom. The van der Waals surface area contributed by atoms with Crippen LogP contribution in [-0.4, -0.2) is 27.1 Å². The van der Waals surface area contributed by atoms with Gasteiger partial charge in [-0.2, -0.15) is 0 Å². The lowest BCUT2D eigenvalue weighted by atomic mass is 9.97. The molecule has 0 saturated heterocycles. The molecule has 0 aliphatic carbocycles. The average Bonchev–Trinajstić information content (AvgIpc) is 3.17. The minimum absolute atomic E-state index is 0.00719. The average molecular weight is 403 g/mol. The molecule has 0 radical (unpaired) electrons. The van der Waals surface area contributed by atoms with E-state index < -0.39 is 17.7 Å². The maximum Gasteiger partial charge on any atom is 0.336 e. The van der Waals surface area contributed by atoms with Crippen LogP contribution in [-0.2, 0) is 0 Å². The highest BCUT2D eigenvalue weighted by atomic mass is 19.1. The molecule has 30 heavy (non-hydrogen) atoms. The number of carboxylic acid groups (broad SMARTS) is 1. The van der Waals surface area contributed by atoms with Crippen molar-refractivity contribution in [3.05, 3.63) is 90.0 Å². The number of amides is 1. The summed E-state index contributed by atoms with van der Waals surface area (Å²) in [4.78, 5) is 28.4. The highest BCUT2D eigenvalue weighted by Gasteiger charge is 2.25. The van der Waals surface area contributed by atoms with Crippen LogP contribution in [0.1, 0.15) is 20.7 Å². The van der Waals surface area contributed by atoms with Gasteiger partial charge < -0.3 is 9.63 Å². The summed E-state index contributed by atoms with van der Waals surface area (Å²) >= 11 is 0. The number of nitrogens with one attached hydrogen (secondary N) is 1. The number of pyridine rings is 1. The van der Waals surface area contributed by atoms with E-state index in [0.717, 1.165) is 6.07 Å². The SMILES string of the molecule is O=C(Nc1onc(-c2cccnc2)c1-c1ccccc1C(=O)O)c1ccccc1F. The molecule has 4 aromatic rings. The topological polar surface area (TPSA) is 105 Å². The molecule has 0 aliphatic rings. The molecule has 2 aromatic heterocycles. The predicted molar refractivity (Wildman–Crippen MR) is 106 cm³/mol. The van der Waals surface area contributed by atoms with E-state index in [0.29, 0.717) is 11.3 Å². The summed E-state index contributed by atoms with van der Waals surface area (Å²) in [5, 5.41) is 16.1. The normalized spacial score (nSPS) is 10.6. The first kappa shape index (κ1) is 19.0. The van der Waals surface area contributed by atoms with E-state index in [1.165, 1.54) is 30.5 Å². The summed E-state index contributed by atoms with van der Waals surface area (Å²) in [6.45, 7) is 0. The van der Waals surface area contributed by atoms with Gasteiger partial charge in [0.25, 0.3) is 5.91 Å². The van der Waals surface area contributed by atoms with Crippen LogP contribution < -0.4 is 5.32 Å². The minimum Gasteiger partial charge on any atom is -0.478 e. The molecule has 0 unspecified atom stereocenters. The van der Waals surface area contributed by atoms with Gasteiger partial charge in [-0.3, -0.25) is 15.1 Å². The summed E-state index contributed by atoms with van der Waals surface area (Å²) in [6, 6.07) is 15.1. The summed E-state index contributed by atoms with van der Waals surface area (Å²) in [7, 11) is 0. The van der Waals surface area contributed by atoms with E-state index in [9.17, 15) is 19.1 Å². The van der Waals surface area contributed by atoms with Gasteiger partial charge in [0, 0.05) is 23.5 Å². The fraction of sp³-hybridized carbons (Fsp3) is 0. The number of halogens is 1. The molecule has 7 nitrogen and oxygen atoms in total. The summed E-state index contributed by atoms with van der Waals surface area (Å²) in [5.41, 5.74) is 1.20. The van der Waals surface area contributed by atoms with Crippen LogP contribution in [0.25, 0.3) is 22.4 Å². The van der Waals surface area contributed by atoms with E-state index in [4.69, 9.17) is 4.52 Å². The van der Waals surface area contributed by atoms with Crippen LogP contribution in [0.15, 0.2) is 77.6 Å². The molecule has 0 atom stereocenters. The van der Waals surface area contributed by atoms with Crippen LogP contribution >= 0.6 is 0 Å². The molecule has 2 heterocycles. The van der Waals surface area contributed by atoms with Gasteiger partial charge in [0.15, 0.2) is 0 Å². The Bertz CT molecular complexity index is 1240. The zero-order valence-electron chi connectivity index (χ0n) is 15.4. The monoisotopic (exact) mass is 403 g/mol. The number of anilines is 1. The molecule has 8 heteroatoms. The van der Waals surface area contributed by atoms with E-state index in [2.05, 4.69) is 15.5 Å². The Balaban J connectivity index is 1.87. The molecule has 4 rings (SSSR count). The first-order valence-electron chi connectivity index (χ1n) is 8.85. The van der Waals surface area contributed by atoms with Crippen molar-refractivity contribution < 1.29 is 23.6 Å². The highest BCUT2D eigenvalue weighted by Crippen LogP contribution is 2.39. The first-order chi connectivity index (χ1) is 14.6. The Labute approximate surface area is 169 Å². The summed E-state index contributed by atoms with van der Waals surface area (Å²) < 4.78 is 19.4. The van der Waals surface area contributed by atoms with Crippen molar-refractivity contribution in [2.24, 2.45) is 0 Å². The molecule has 2 aromatic carbocycles.